The minimum absolute atomic E-state index is 0.260. The molecule has 4 nitrogen and oxygen atoms in total. The van der Waals surface area contributed by atoms with E-state index in [2.05, 4.69) is 16.6 Å². The molecule has 2 atom stereocenters. The molecule has 1 aromatic heterocycles. The molecule has 0 bridgehead atoms. The summed E-state index contributed by atoms with van der Waals surface area (Å²) in [6.45, 7) is 0. The van der Waals surface area contributed by atoms with Gasteiger partial charge in [0.05, 0.1) is 18.3 Å². The minimum atomic E-state index is 0.260. The van der Waals surface area contributed by atoms with Gasteiger partial charge in [0.1, 0.15) is 0 Å². The van der Waals surface area contributed by atoms with Crippen molar-refractivity contribution in [3.63, 3.8) is 0 Å². The summed E-state index contributed by atoms with van der Waals surface area (Å²) in [6.07, 6.45) is 6.82. The molecule has 1 saturated carbocycles. The third-order valence-corrected chi connectivity index (χ3v) is 3.08. The van der Waals surface area contributed by atoms with Crippen LogP contribution in [0.3, 0.4) is 0 Å². The second kappa shape index (κ2) is 4.33. The van der Waals surface area contributed by atoms with Crippen LogP contribution in [0.15, 0.2) is 12.4 Å². The molecule has 0 radical (unpaired) electrons. The van der Waals surface area contributed by atoms with Gasteiger partial charge in [-0.05, 0) is 25.8 Å². The van der Waals surface area contributed by atoms with Crippen LogP contribution in [0.5, 0.6) is 0 Å². The van der Waals surface area contributed by atoms with E-state index in [1.807, 2.05) is 25.0 Å². The lowest BCUT2D eigenvalue weighted by atomic mass is 10.0. The summed E-state index contributed by atoms with van der Waals surface area (Å²) in [5, 5.41) is 7.53. The molecule has 0 saturated heterocycles. The van der Waals surface area contributed by atoms with Crippen molar-refractivity contribution in [1.29, 1.82) is 0 Å². The maximum atomic E-state index is 5.59. The lowest BCUT2D eigenvalue weighted by molar-refractivity contribution is 0.0530. The van der Waals surface area contributed by atoms with Gasteiger partial charge >= 0.3 is 0 Å². The molecule has 0 aliphatic heterocycles. The van der Waals surface area contributed by atoms with Gasteiger partial charge in [0.25, 0.3) is 0 Å². The predicted octanol–water partition coefficient (Wildman–Crippen LogP) is 1.11. The molecular weight excluding hydrogens is 190 g/mol. The summed E-state index contributed by atoms with van der Waals surface area (Å²) in [4.78, 5) is 0. The molecule has 1 aliphatic rings. The third kappa shape index (κ3) is 2.21. The summed E-state index contributed by atoms with van der Waals surface area (Å²) in [5.74, 6) is 0.715. The minimum Gasteiger partial charge on any atom is -0.379 e. The molecule has 2 unspecified atom stereocenters. The summed E-state index contributed by atoms with van der Waals surface area (Å²) in [5.41, 5.74) is 1.21. The van der Waals surface area contributed by atoms with Crippen molar-refractivity contribution >= 4 is 0 Å². The number of nitrogens with zero attached hydrogens (tertiary/aromatic N) is 2. The Morgan fingerprint density at radius 2 is 2.33 bits per heavy atom. The number of aryl methyl sites for hydroxylation is 1. The highest BCUT2D eigenvalue weighted by molar-refractivity contribution is 5.13. The quantitative estimate of drug-likeness (QED) is 0.789. The van der Waals surface area contributed by atoms with Crippen molar-refractivity contribution in [1.82, 2.24) is 15.1 Å². The maximum Gasteiger partial charge on any atom is 0.0795 e. The standard InChI is InChI=1S/C11H19N3O/c1-12-10(9-6-13-14(2)7-9)11(15-3)8-4-5-8/h6-8,10-12H,4-5H2,1-3H3. The van der Waals surface area contributed by atoms with Crippen LogP contribution in [0.2, 0.25) is 0 Å². The largest absolute Gasteiger partial charge is 0.379 e. The number of hydrogen-bond acceptors (Lipinski definition) is 3. The van der Waals surface area contributed by atoms with E-state index in [-0.39, 0.29) is 12.1 Å². The summed E-state index contributed by atoms with van der Waals surface area (Å²) < 4.78 is 7.42. The van der Waals surface area contributed by atoms with Gasteiger partial charge in [-0.1, -0.05) is 0 Å². The molecule has 0 spiro atoms. The van der Waals surface area contributed by atoms with Crippen LogP contribution >= 0.6 is 0 Å². The molecule has 1 fully saturated rings. The molecule has 84 valence electrons. The van der Waals surface area contributed by atoms with E-state index in [0.29, 0.717) is 5.92 Å². The van der Waals surface area contributed by atoms with E-state index < -0.39 is 0 Å². The number of likely N-dealkylation sites (N-methyl/N-ethyl adjacent to an activating group) is 1. The van der Waals surface area contributed by atoms with E-state index in [1.165, 1.54) is 18.4 Å². The first kappa shape index (κ1) is 10.6. The van der Waals surface area contributed by atoms with Crippen molar-refractivity contribution in [2.75, 3.05) is 14.2 Å². The van der Waals surface area contributed by atoms with E-state index >= 15 is 0 Å². The average Bonchev–Trinajstić information content (AvgIpc) is 2.98. The second-order valence-corrected chi connectivity index (χ2v) is 4.25. The molecule has 1 heterocycles. The fourth-order valence-corrected chi connectivity index (χ4v) is 2.15. The van der Waals surface area contributed by atoms with Gasteiger partial charge in [-0.2, -0.15) is 5.10 Å². The number of rotatable bonds is 5. The number of aromatic nitrogens is 2. The van der Waals surface area contributed by atoms with Crippen molar-refractivity contribution < 1.29 is 4.74 Å². The van der Waals surface area contributed by atoms with Crippen LogP contribution in [0.1, 0.15) is 24.4 Å². The first-order chi connectivity index (χ1) is 7.26. The Bertz CT molecular complexity index is 319. The molecule has 0 amide bonds. The molecule has 1 N–H and O–H groups in total. The van der Waals surface area contributed by atoms with Crippen LogP contribution in [-0.2, 0) is 11.8 Å². The van der Waals surface area contributed by atoms with Crippen LogP contribution < -0.4 is 5.32 Å². The molecule has 4 heteroatoms. The summed E-state index contributed by atoms with van der Waals surface area (Å²) >= 11 is 0. The Morgan fingerprint density at radius 3 is 2.73 bits per heavy atom. The van der Waals surface area contributed by atoms with Crippen molar-refractivity contribution in [3.8, 4) is 0 Å². The Balaban J connectivity index is 2.14. The van der Waals surface area contributed by atoms with E-state index in [9.17, 15) is 0 Å². The monoisotopic (exact) mass is 209 g/mol. The molecular formula is C11H19N3O. The molecule has 1 aromatic rings. The first-order valence-corrected chi connectivity index (χ1v) is 5.45. The molecule has 1 aliphatic carbocycles. The van der Waals surface area contributed by atoms with Gasteiger partial charge in [-0.25, -0.2) is 0 Å². The smallest absolute Gasteiger partial charge is 0.0795 e. The summed E-state index contributed by atoms with van der Waals surface area (Å²) in [6, 6.07) is 0.260. The van der Waals surface area contributed by atoms with Gasteiger partial charge in [-0.15, -0.1) is 0 Å². The summed E-state index contributed by atoms with van der Waals surface area (Å²) in [7, 11) is 5.71. The predicted molar refractivity (Wildman–Crippen MR) is 58.5 cm³/mol. The van der Waals surface area contributed by atoms with Gasteiger partial charge in [0.2, 0.25) is 0 Å². The lowest BCUT2D eigenvalue weighted by Crippen LogP contribution is -2.32. The Morgan fingerprint density at radius 1 is 1.60 bits per heavy atom. The maximum absolute atomic E-state index is 5.59. The second-order valence-electron chi connectivity index (χ2n) is 4.25. The van der Waals surface area contributed by atoms with Crippen LogP contribution in [0.4, 0.5) is 0 Å². The zero-order valence-corrected chi connectivity index (χ0v) is 9.60. The molecule has 0 aromatic carbocycles. The van der Waals surface area contributed by atoms with Crippen LogP contribution in [0.25, 0.3) is 0 Å². The van der Waals surface area contributed by atoms with E-state index in [1.54, 1.807) is 7.11 Å². The Hall–Kier alpha value is -0.870. The number of ether oxygens (including phenoxy) is 1. The zero-order chi connectivity index (χ0) is 10.8. The fourth-order valence-electron chi connectivity index (χ4n) is 2.15. The molecule has 2 rings (SSSR count). The highest BCUT2D eigenvalue weighted by Crippen LogP contribution is 2.39. The number of methoxy groups -OCH3 is 1. The SMILES string of the molecule is CNC(c1cnn(C)c1)C(OC)C1CC1. The van der Waals surface area contributed by atoms with Crippen LogP contribution in [-0.4, -0.2) is 30.0 Å². The zero-order valence-electron chi connectivity index (χ0n) is 9.60. The van der Waals surface area contributed by atoms with Gasteiger partial charge in [-0.3, -0.25) is 4.68 Å². The van der Waals surface area contributed by atoms with Crippen molar-refractivity contribution in [3.05, 3.63) is 18.0 Å². The van der Waals surface area contributed by atoms with E-state index in [4.69, 9.17) is 4.74 Å². The Labute approximate surface area is 90.6 Å². The van der Waals surface area contributed by atoms with Crippen molar-refractivity contribution in [2.45, 2.75) is 25.0 Å². The number of hydrogen-bond donors (Lipinski definition) is 1. The van der Waals surface area contributed by atoms with Gasteiger partial charge in [0.15, 0.2) is 0 Å². The topological polar surface area (TPSA) is 39.1 Å². The average molecular weight is 209 g/mol. The van der Waals surface area contributed by atoms with Crippen molar-refractivity contribution in [2.24, 2.45) is 13.0 Å². The van der Waals surface area contributed by atoms with E-state index in [0.717, 1.165) is 0 Å². The number of nitrogens with one attached hydrogen (secondary N) is 1. The fraction of sp³-hybridized carbons (Fsp3) is 0.727. The van der Waals surface area contributed by atoms with Gasteiger partial charge < -0.3 is 10.1 Å². The lowest BCUT2D eigenvalue weighted by Gasteiger charge is -2.24. The normalized spacial score (nSPS) is 20.2. The molecule has 15 heavy (non-hydrogen) atoms. The first-order valence-electron chi connectivity index (χ1n) is 5.45. The Kier molecular flexibility index (Phi) is 3.07. The third-order valence-electron chi connectivity index (χ3n) is 3.08. The highest BCUT2D eigenvalue weighted by atomic mass is 16.5. The van der Waals surface area contributed by atoms with Gasteiger partial charge in [0, 0.05) is 25.9 Å². The highest BCUT2D eigenvalue weighted by Gasteiger charge is 2.37. The van der Waals surface area contributed by atoms with Crippen LogP contribution in [0, 0.1) is 5.92 Å².